The van der Waals surface area contributed by atoms with E-state index >= 15 is 0 Å². The van der Waals surface area contributed by atoms with Crippen LogP contribution in [-0.2, 0) is 4.57 Å². The van der Waals surface area contributed by atoms with E-state index in [4.69, 9.17) is 9.05 Å². The quantitative estimate of drug-likeness (QED) is 0.553. The maximum absolute atomic E-state index is 12.7. The molecule has 0 aliphatic heterocycles. The molecule has 0 heterocycles. The first-order valence-corrected chi connectivity index (χ1v) is 11.0. The Kier molecular flexibility index (Phi) is 5.27. The van der Waals surface area contributed by atoms with Crippen molar-refractivity contribution < 1.29 is 13.6 Å². The molecule has 0 atom stereocenters. The molecule has 2 aromatic rings. The van der Waals surface area contributed by atoms with Crippen LogP contribution >= 0.6 is 21.8 Å². The molecule has 0 aliphatic carbocycles. The first-order chi connectivity index (χ1) is 10.6. The lowest BCUT2D eigenvalue weighted by molar-refractivity contribution is 0.407. The normalized spacial score (nSPS) is 11.4. The summed E-state index contributed by atoms with van der Waals surface area (Å²) < 4.78 is 24.0. The first-order valence-electron chi connectivity index (χ1n) is 7.45. The van der Waals surface area contributed by atoms with Gasteiger partial charge in [0, 0.05) is 0 Å². The van der Waals surface area contributed by atoms with Gasteiger partial charge < -0.3 is 9.05 Å². The molecule has 0 amide bonds. The molecule has 0 saturated heterocycles. The zero-order valence-electron chi connectivity index (χ0n) is 14.4. The average Bonchev–Trinajstić information content (AvgIpc) is 2.48. The Labute approximate surface area is 146 Å². The third kappa shape index (κ3) is 3.99. The van der Waals surface area contributed by atoms with E-state index in [1.807, 2.05) is 65.8 Å². The third-order valence-corrected chi connectivity index (χ3v) is 6.13. The van der Waals surface area contributed by atoms with Gasteiger partial charge in [0.2, 0.25) is 0 Å². The van der Waals surface area contributed by atoms with Crippen LogP contribution in [0.2, 0.25) is 0 Å². The maximum atomic E-state index is 12.7. The maximum Gasteiger partial charge on any atom is 0.498 e. The van der Waals surface area contributed by atoms with E-state index in [2.05, 4.69) is 15.5 Å². The Morgan fingerprint density at radius 2 is 1.04 bits per heavy atom. The van der Waals surface area contributed by atoms with Gasteiger partial charge in [-0.1, -0.05) is 12.1 Å². The topological polar surface area (TPSA) is 35.5 Å². The van der Waals surface area contributed by atoms with Gasteiger partial charge in [0.15, 0.2) is 0 Å². The van der Waals surface area contributed by atoms with Gasteiger partial charge in [-0.3, -0.25) is 0 Å². The average molecular weight is 397 g/mol. The molecule has 2 aromatic carbocycles. The number of rotatable bonds is 4. The predicted octanol–water partition coefficient (Wildman–Crippen LogP) is 6.50. The molecule has 0 radical (unpaired) electrons. The van der Waals surface area contributed by atoms with Crippen LogP contribution in [-0.4, -0.2) is 0 Å². The molecule has 0 fully saturated rings. The fourth-order valence-electron chi connectivity index (χ4n) is 2.31. The zero-order chi connectivity index (χ0) is 17.4. The summed E-state index contributed by atoms with van der Waals surface area (Å²) in [5.41, 5.74) is 6.51. The summed E-state index contributed by atoms with van der Waals surface area (Å²) in [6, 6.07) is 7.54. The van der Waals surface area contributed by atoms with Crippen LogP contribution < -0.4 is 9.05 Å². The van der Waals surface area contributed by atoms with Crippen molar-refractivity contribution in [1.29, 1.82) is 0 Å². The van der Waals surface area contributed by atoms with Gasteiger partial charge in [0.25, 0.3) is 0 Å². The highest BCUT2D eigenvalue weighted by Crippen LogP contribution is 2.56. The van der Waals surface area contributed by atoms with Gasteiger partial charge in [0.1, 0.15) is 11.5 Å². The molecule has 5 heteroatoms. The fourth-order valence-corrected chi connectivity index (χ4v) is 4.15. The minimum atomic E-state index is -3.45. The van der Waals surface area contributed by atoms with Crippen LogP contribution in [0.15, 0.2) is 24.3 Å². The van der Waals surface area contributed by atoms with Gasteiger partial charge in [-0.05, 0) is 87.1 Å². The minimum Gasteiger partial charge on any atom is -0.408 e. The number of aryl methyl sites for hydroxylation is 2. The first kappa shape index (κ1) is 18.1. The van der Waals surface area contributed by atoms with Crippen molar-refractivity contribution in [2.24, 2.45) is 0 Å². The summed E-state index contributed by atoms with van der Waals surface area (Å²) in [5.74, 6) is 1.13. The van der Waals surface area contributed by atoms with E-state index in [1.165, 1.54) is 11.1 Å². The van der Waals surface area contributed by atoms with Gasteiger partial charge >= 0.3 is 6.30 Å². The summed E-state index contributed by atoms with van der Waals surface area (Å²) in [6.45, 7) is 12.0. The lowest BCUT2D eigenvalue weighted by Gasteiger charge is -2.19. The second kappa shape index (κ2) is 6.70. The Hall–Kier alpha value is -1.25. The number of hydrogen-bond donors (Lipinski definition) is 0. The molecular weight excluding hydrogens is 375 g/mol. The molecule has 124 valence electrons. The van der Waals surface area contributed by atoms with Crippen LogP contribution in [0, 0.1) is 41.5 Å². The molecule has 0 bridgehead atoms. The van der Waals surface area contributed by atoms with E-state index in [9.17, 15) is 4.57 Å². The molecule has 0 aromatic heterocycles. The Morgan fingerprint density at radius 1 is 0.696 bits per heavy atom. The lowest BCUT2D eigenvalue weighted by atomic mass is 10.0. The van der Waals surface area contributed by atoms with Crippen LogP contribution in [0.3, 0.4) is 0 Å². The second-order valence-corrected chi connectivity index (χ2v) is 9.71. The van der Waals surface area contributed by atoms with Crippen LogP contribution in [0.1, 0.15) is 33.4 Å². The molecule has 0 saturated carbocycles. The van der Waals surface area contributed by atoms with Gasteiger partial charge in [-0.15, -0.1) is 0 Å². The van der Waals surface area contributed by atoms with Crippen LogP contribution in [0.5, 0.6) is 11.5 Å². The Morgan fingerprint density at radius 3 is 1.39 bits per heavy atom. The van der Waals surface area contributed by atoms with Crippen LogP contribution in [0.25, 0.3) is 0 Å². The monoisotopic (exact) mass is 396 g/mol. The Bertz CT molecular complexity index is 736. The highest BCUT2D eigenvalue weighted by molar-refractivity contribution is 9.39. The van der Waals surface area contributed by atoms with Crippen molar-refractivity contribution in [2.75, 3.05) is 0 Å². The number of hydrogen-bond acceptors (Lipinski definition) is 3. The molecule has 2 rings (SSSR count). The van der Waals surface area contributed by atoms with Crippen molar-refractivity contribution in [3.05, 3.63) is 57.6 Å². The smallest absolute Gasteiger partial charge is 0.408 e. The molecule has 23 heavy (non-hydrogen) atoms. The minimum absolute atomic E-state index is 0.565. The third-order valence-electron chi connectivity index (χ3n) is 4.43. The van der Waals surface area contributed by atoms with Gasteiger partial charge in [0.05, 0.1) is 15.5 Å². The molecule has 0 aliphatic rings. The summed E-state index contributed by atoms with van der Waals surface area (Å²) in [6.07, 6.45) is -3.45. The summed E-state index contributed by atoms with van der Waals surface area (Å²) in [5, 5.41) is 0. The van der Waals surface area contributed by atoms with Crippen molar-refractivity contribution in [1.82, 2.24) is 0 Å². The lowest BCUT2D eigenvalue weighted by Crippen LogP contribution is -2.00. The molecular formula is C18H22BrO3P. The van der Waals surface area contributed by atoms with E-state index in [1.54, 1.807) is 0 Å². The SMILES string of the molecule is Cc1ccc(OP(=O)(Br)Oc2ccc(C)c(C)c2C)c(C)c1C. The van der Waals surface area contributed by atoms with Gasteiger partial charge in [-0.2, -0.15) is 0 Å². The summed E-state index contributed by atoms with van der Waals surface area (Å²) >= 11 is 3.12. The molecule has 3 nitrogen and oxygen atoms in total. The fraction of sp³-hybridized carbons (Fsp3) is 0.333. The standard InChI is InChI=1S/C18H22BrO3P/c1-11-7-9-17(15(5)13(11)3)21-23(19,20)22-18-10-8-12(2)14(4)16(18)6/h7-10H,1-6H3. The number of halogens is 1. The van der Waals surface area contributed by atoms with E-state index < -0.39 is 6.30 Å². The van der Waals surface area contributed by atoms with Crippen molar-refractivity contribution in [2.45, 2.75) is 41.5 Å². The molecule has 0 unspecified atom stereocenters. The van der Waals surface area contributed by atoms with E-state index in [0.29, 0.717) is 11.5 Å². The summed E-state index contributed by atoms with van der Waals surface area (Å²) in [7, 11) is 0. The van der Waals surface area contributed by atoms with Crippen molar-refractivity contribution in [3.63, 3.8) is 0 Å². The van der Waals surface area contributed by atoms with Crippen molar-refractivity contribution >= 4 is 21.8 Å². The largest absolute Gasteiger partial charge is 0.498 e. The summed E-state index contributed by atoms with van der Waals surface area (Å²) in [4.78, 5) is 0. The highest BCUT2D eigenvalue weighted by atomic mass is 79.9. The predicted molar refractivity (Wildman–Crippen MR) is 99.1 cm³/mol. The Balaban J connectivity index is 2.29. The van der Waals surface area contributed by atoms with E-state index in [-0.39, 0.29) is 0 Å². The zero-order valence-corrected chi connectivity index (χ0v) is 16.8. The van der Waals surface area contributed by atoms with Crippen LogP contribution in [0.4, 0.5) is 0 Å². The molecule has 0 N–H and O–H groups in total. The molecule has 0 spiro atoms. The van der Waals surface area contributed by atoms with Crippen molar-refractivity contribution in [3.8, 4) is 11.5 Å². The van der Waals surface area contributed by atoms with E-state index in [0.717, 1.165) is 22.3 Å². The van der Waals surface area contributed by atoms with Gasteiger partial charge in [-0.25, -0.2) is 4.57 Å². The highest BCUT2D eigenvalue weighted by Gasteiger charge is 2.26. The number of benzene rings is 2. The second-order valence-electron chi connectivity index (χ2n) is 5.87.